The Labute approximate surface area is 194 Å². The van der Waals surface area contributed by atoms with Gasteiger partial charge in [0.2, 0.25) is 0 Å². The maximum atomic E-state index is 14.6. The summed E-state index contributed by atoms with van der Waals surface area (Å²) in [5.74, 6) is 5.87. The molecule has 3 nitrogen and oxygen atoms in total. The van der Waals surface area contributed by atoms with E-state index in [2.05, 4.69) is 54.1 Å². The van der Waals surface area contributed by atoms with Gasteiger partial charge in [-0.25, -0.2) is 4.39 Å². The SMILES string of the molecule is CCCC1=Cc2c(ccc(C#Cc3ccc(N=Nc4ccc(C#N)cc4)c(F)c3)c2CC)C1. The van der Waals surface area contributed by atoms with E-state index < -0.39 is 5.82 Å². The fourth-order valence-electron chi connectivity index (χ4n) is 4.05. The Morgan fingerprint density at radius 2 is 1.73 bits per heavy atom. The van der Waals surface area contributed by atoms with Crippen molar-refractivity contribution in [2.75, 3.05) is 0 Å². The number of hydrogen-bond acceptors (Lipinski definition) is 3. The van der Waals surface area contributed by atoms with Gasteiger partial charge in [0.05, 0.1) is 17.3 Å². The molecular weight excluding hydrogens is 409 g/mol. The van der Waals surface area contributed by atoms with E-state index in [9.17, 15) is 4.39 Å². The van der Waals surface area contributed by atoms with Gasteiger partial charge in [-0.15, -0.1) is 5.11 Å². The molecule has 33 heavy (non-hydrogen) atoms. The summed E-state index contributed by atoms with van der Waals surface area (Å²) >= 11 is 0. The molecule has 0 amide bonds. The molecule has 0 fully saturated rings. The molecule has 0 spiro atoms. The Balaban J connectivity index is 1.55. The molecule has 0 atom stereocenters. The summed E-state index contributed by atoms with van der Waals surface area (Å²) in [6, 6.07) is 17.7. The lowest BCUT2D eigenvalue weighted by Gasteiger charge is -2.08. The van der Waals surface area contributed by atoms with Crippen molar-refractivity contribution in [3.63, 3.8) is 0 Å². The van der Waals surface area contributed by atoms with E-state index in [-0.39, 0.29) is 5.69 Å². The third kappa shape index (κ3) is 5.08. The molecule has 1 aliphatic rings. The highest BCUT2D eigenvalue weighted by molar-refractivity contribution is 5.70. The molecule has 0 radical (unpaired) electrons. The predicted octanol–water partition coefficient (Wildman–Crippen LogP) is 7.81. The van der Waals surface area contributed by atoms with Crippen molar-refractivity contribution in [1.29, 1.82) is 5.26 Å². The molecule has 0 aliphatic heterocycles. The first kappa shape index (κ1) is 22.2. The molecule has 0 saturated carbocycles. The van der Waals surface area contributed by atoms with Crippen LogP contribution in [0.4, 0.5) is 15.8 Å². The first-order chi connectivity index (χ1) is 16.1. The van der Waals surface area contributed by atoms with Crippen LogP contribution in [0.15, 0.2) is 70.4 Å². The Kier molecular flexibility index (Phi) is 6.77. The van der Waals surface area contributed by atoms with Gasteiger partial charge in [-0.1, -0.05) is 49.8 Å². The molecule has 0 N–H and O–H groups in total. The molecule has 0 heterocycles. The van der Waals surface area contributed by atoms with Crippen molar-refractivity contribution < 1.29 is 4.39 Å². The zero-order valence-electron chi connectivity index (χ0n) is 18.8. The van der Waals surface area contributed by atoms with Crippen molar-refractivity contribution in [3.05, 3.63) is 99.4 Å². The van der Waals surface area contributed by atoms with Crippen LogP contribution in [0, 0.1) is 29.0 Å². The van der Waals surface area contributed by atoms with Gasteiger partial charge in [-0.3, -0.25) is 0 Å². The summed E-state index contributed by atoms with van der Waals surface area (Å²) < 4.78 is 14.6. The van der Waals surface area contributed by atoms with Crippen LogP contribution in [-0.2, 0) is 12.8 Å². The van der Waals surface area contributed by atoms with Crippen LogP contribution in [0.2, 0.25) is 0 Å². The van der Waals surface area contributed by atoms with Crippen LogP contribution < -0.4 is 0 Å². The molecule has 0 unspecified atom stereocenters. The Hall–Kier alpha value is -4.02. The van der Waals surface area contributed by atoms with Gasteiger partial charge in [0.25, 0.3) is 0 Å². The number of benzene rings is 3. The smallest absolute Gasteiger partial charge is 0.151 e. The lowest BCUT2D eigenvalue weighted by molar-refractivity contribution is 0.628. The van der Waals surface area contributed by atoms with E-state index >= 15 is 0 Å². The number of fused-ring (bicyclic) bond motifs is 1. The first-order valence-corrected chi connectivity index (χ1v) is 11.2. The maximum Gasteiger partial charge on any atom is 0.151 e. The summed E-state index contributed by atoms with van der Waals surface area (Å²) in [5.41, 5.74) is 8.27. The second-order valence-electron chi connectivity index (χ2n) is 8.02. The van der Waals surface area contributed by atoms with Gasteiger partial charge >= 0.3 is 0 Å². The molecule has 1 aliphatic carbocycles. The minimum atomic E-state index is -0.476. The van der Waals surface area contributed by atoms with E-state index in [1.54, 1.807) is 36.4 Å². The van der Waals surface area contributed by atoms with Crippen LogP contribution in [0.5, 0.6) is 0 Å². The third-order valence-corrected chi connectivity index (χ3v) is 5.70. The zero-order valence-corrected chi connectivity index (χ0v) is 18.8. The summed E-state index contributed by atoms with van der Waals surface area (Å²) in [5, 5.41) is 16.9. The molecule has 0 aromatic heterocycles. The zero-order chi connectivity index (χ0) is 23.2. The molecule has 3 aromatic rings. The van der Waals surface area contributed by atoms with Crippen LogP contribution in [0.25, 0.3) is 6.08 Å². The van der Waals surface area contributed by atoms with Crippen molar-refractivity contribution in [2.45, 2.75) is 39.5 Å². The van der Waals surface area contributed by atoms with Crippen molar-refractivity contribution in [3.8, 4) is 17.9 Å². The van der Waals surface area contributed by atoms with E-state index in [0.29, 0.717) is 16.8 Å². The normalized spacial score (nSPS) is 12.1. The number of hydrogen-bond donors (Lipinski definition) is 0. The lowest BCUT2D eigenvalue weighted by atomic mass is 9.96. The highest BCUT2D eigenvalue weighted by atomic mass is 19.1. The number of rotatable bonds is 5. The van der Waals surface area contributed by atoms with Gasteiger partial charge < -0.3 is 0 Å². The lowest BCUT2D eigenvalue weighted by Crippen LogP contribution is -1.95. The Bertz CT molecular complexity index is 1350. The molecular formula is C29H24FN3. The minimum Gasteiger partial charge on any atom is -0.204 e. The fraction of sp³-hybridized carbons (Fsp3) is 0.207. The maximum absolute atomic E-state index is 14.6. The number of nitrogens with zero attached hydrogens (tertiary/aromatic N) is 3. The van der Waals surface area contributed by atoms with Crippen molar-refractivity contribution >= 4 is 17.5 Å². The monoisotopic (exact) mass is 433 g/mol. The largest absolute Gasteiger partial charge is 0.204 e. The molecule has 4 rings (SSSR count). The number of allylic oxidation sites excluding steroid dienone is 1. The Morgan fingerprint density at radius 1 is 0.939 bits per heavy atom. The molecule has 3 aromatic carbocycles. The van der Waals surface area contributed by atoms with E-state index in [4.69, 9.17) is 5.26 Å². The Morgan fingerprint density at radius 3 is 2.42 bits per heavy atom. The van der Waals surface area contributed by atoms with Crippen molar-refractivity contribution in [1.82, 2.24) is 0 Å². The van der Waals surface area contributed by atoms with Crippen LogP contribution in [0.3, 0.4) is 0 Å². The van der Waals surface area contributed by atoms with Gasteiger partial charge in [-0.2, -0.15) is 10.4 Å². The summed E-state index contributed by atoms with van der Waals surface area (Å²) in [6.07, 6.45) is 6.56. The summed E-state index contributed by atoms with van der Waals surface area (Å²) in [6.45, 7) is 4.36. The summed E-state index contributed by atoms with van der Waals surface area (Å²) in [4.78, 5) is 0. The van der Waals surface area contributed by atoms with Gasteiger partial charge in [0.1, 0.15) is 5.69 Å². The topological polar surface area (TPSA) is 48.5 Å². The van der Waals surface area contributed by atoms with Gasteiger partial charge in [0, 0.05) is 11.1 Å². The van der Waals surface area contributed by atoms with Crippen LogP contribution in [-0.4, -0.2) is 0 Å². The molecule has 4 heteroatoms. The summed E-state index contributed by atoms with van der Waals surface area (Å²) in [7, 11) is 0. The second-order valence-corrected chi connectivity index (χ2v) is 8.02. The van der Waals surface area contributed by atoms with Crippen molar-refractivity contribution in [2.24, 2.45) is 10.2 Å². The van der Waals surface area contributed by atoms with Crippen LogP contribution >= 0.6 is 0 Å². The minimum absolute atomic E-state index is 0.144. The van der Waals surface area contributed by atoms with E-state index in [0.717, 1.165) is 31.2 Å². The quantitative estimate of drug-likeness (QED) is 0.299. The third-order valence-electron chi connectivity index (χ3n) is 5.70. The first-order valence-electron chi connectivity index (χ1n) is 11.2. The molecule has 0 saturated heterocycles. The predicted molar refractivity (Wildman–Crippen MR) is 130 cm³/mol. The van der Waals surface area contributed by atoms with E-state index in [1.807, 2.05) is 6.07 Å². The molecule has 0 bridgehead atoms. The number of nitriles is 1. The average molecular weight is 434 g/mol. The van der Waals surface area contributed by atoms with Gasteiger partial charge in [-0.05, 0) is 84.5 Å². The highest BCUT2D eigenvalue weighted by Crippen LogP contribution is 2.32. The van der Waals surface area contributed by atoms with Crippen LogP contribution in [0.1, 0.15) is 60.1 Å². The van der Waals surface area contributed by atoms with E-state index in [1.165, 1.54) is 28.3 Å². The number of halogens is 1. The second kappa shape index (κ2) is 10.1. The van der Waals surface area contributed by atoms with Gasteiger partial charge in [0.15, 0.2) is 5.82 Å². The average Bonchev–Trinajstić information content (AvgIpc) is 3.25. The fourth-order valence-corrected chi connectivity index (χ4v) is 4.05. The highest BCUT2D eigenvalue weighted by Gasteiger charge is 2.16. The molecule has 162 valence electrons. The number of azo groups is 1. The standard InChI is InChI=1S/C29H24FN3/c1-3-5-22-16-24-12-11-23(26(4-2)27(24)17-22)10-6-20-9-15-29(28(30)18-20)33-32-25-13-7-21(19-31)8-14-25/h7-9,11-15,17-18H,3-5,16H2,1-2H3.